The predicted octanol–water partition coefficient (Wildman–Crippen LogP) is 1.61. The molecular weight excluding hydrogens is 278 g/mol. The fourth-order valence-corrected chi connectivity index (χ4v) is 2.20. The Morgan fingerprint density at radius 1 is 1.50 bits per heavy atom. The number of fused-ring (bicyclic) bond motifs is 1. The topological polar surface area (TPSA) is 78.3 Å². The van der Waals surface area contributed by atoms with Crippen LogP contribution in [0.15, 0.2) is 34.9 Å². The molecular formula is C17H24N3O2+. The van der Waals surface area contributed by atoms with E-state index in [1.165, 1.54) is 0 Å². The third-order valence-corrected chi connectivity index (χ3v) is 4.07. The molecule has 3 atom stereocenters. The standard InChI is InChI=1S/C17H23N3O2/c1-4-11(2)16(18)17(21)20-19-10-14-9-13-7-5-6-8-15(13)22-12(14)3/h5-12,16H,4,18H2,1-3H3,(H,20,21)/p+1/b19-10-/t11-,12-,16-/m1/s1. The average molecular weight is 302 g/mol. The number of hydrazone groups is 1. The zero-order valence-electron chi connectivity index (χ0n) is 13.4. The van der Waals surface area contributed by atoms with Gasteiger partial charge in [0.1, 0.15) is 11.9 Å². The fraction of sp³-hybridized carbons (Fsp3) is 0.412. The van der Waals surface area contributed by atoms with Crippen LogP contribution in [0.5, 0.6) is 5.75 Å². The zero-order valence-corrected chi connectivity index (χ0v) is 13.4. The second-order valence-corrected chi connectivity index (χ2v) is 5.67. The molecule has 1 aliphatic heterocycles. The van der Waals surface area contributed by atoms with E-state index in [4.69, 9.17) is 4.74 Å². The minimum absolute atomic E-state index is 0.0966. The Kier molecular flexibility index (Phi) is 5.33. The van der Waals surface area contributed by atoms with Gasteiger partial charge in [0.25, 0.3) is 5.91 Å². The summed E-state index contributed by atoms with van der Waals surface area (Å²) in [6, 6.07) is 7.55. The summed E-state index contributed by atoms with van der Waals surface area (Å²) in [7, 11) is 0. The Morgan fingerprint density at radius 3 is 2.95 bits per heavy atom. The maximum Gasteiger partial charge on any atom is 0.298 e. The summed E-state index contributed by atoms with van der Waals surface area (Å²) in [5.41, 5.74) is 8.39. The SMILES string of the molecule is CC[C@@H](C)[C@@H]([NH3+])C(=O)N/N=C\C1=Cc2ccccc2O[C@@H]1C. The van der Waals surface area contributed by atoms with Crippen molar-refractivity contribution < 1.29 is 15.3 Å². The first-order chi connectivity index (χ1) is 10.5. The average Bonchev–Trinajstić information content (AvgIpc) is 2.53. The van der Waals surface area contributed by atoms with Crippen molar-refractivity contribution in [2.75, 3.05) is 0 Å². The summed E-state index contributed by atoms with van der Waals surface area (Å²) in [6.07, 6.45) is 4.48. The van der Waals surface area contributed by atoms with Crippen LogP contribution < -0.4 is 15.9 Å². The molecule has 2 rings (SSSR count). The quantitative estimate of drug-likeness (QED) is 0.640. The first kappa shape index (κ1) is 16.2. The molecule has 5 heteroatoms. The highest BCUT2D eigenvalue weighted by molar-refractivity contribution is 5.90. The second kappa shape index (κ2) is 7.22. The number of carbonyl (C=O) groups is 1. The van der Waals surface area contributed by atoms with Gasteiger partial charge in [-0.2, -0.15) is 5.10 Å². The van der Waals surface area contributed by atoms with Gasteiger partial charge in [-0.15, -0.1) is 0 Å². The largest absolute Gasteiger partial charge is 0.485 e. The van der Waals surface area contributed by atoms with E-state index in [0.717, 1.165) is 23.3 Å². The van der Waals surface area contributed by atoms with Crippen molar-refractivity contribution >= 4 is 18.2 Å². The molecule has 0 unspecified atom stereocenters. The van der Waals surface area contributed by atoms with E-state index in [2.05, 4.69) is 16.3 Å². The van der Waals surface area contributed by atoms with Crippen molar-refractivity contribution in [3.63, 3.8) is 0 Å². The third-order valence-electron chi connectivity index (χ3n) is 4.07. The van der Waals surface area contributed by atoms with Crippen LogP contribution in [0.4, 0.5) is 0 Å². The van der Waals surface area contributed by atoms with Gasteiger partial charge in [-0.3, -0.25) is 4.79 Å². The van der Waals surface area contributed by atoms with E-state index in [-0.39, 0.29) is 24.0 Å². The fourth-order valence-electron chi connectivity index (χ4n) is 2.20. The second-order valence-electron chi connectivity index (χ2n) is 5.67. The van der Waals surface area contributed by atoms with E-state index in [9.17, 15) is 4.79 Å². The maximum absolute atomic E-state index is 11.9. The van der Waals surface area contributed by atoms with Gasteiger partial charge in [0.2, 0.25) is 0 Å². The lowest BCUT2D eigenvalue weighted by Gasteiger charge is -2.22. The number of amides is 1. The number of hydrogen-bond acceptors (Lipinski definition) is 3. The van der Waals surface area contributed by atoms with Gasteiger partial charge in [0.05, 0.1) is 6.21 Å². The van der Waals surface area contributed by atoms with Crippen molar-refractivity contribution in [2.24, 2.45) is 11.0 Å². The third kappa shape index (κ3) is 3.74. The predicted molar refractivity (Wildman–Crippen MR) is 87.3 cm³/mol. The smallest absolute Gasteiger partial charge is 0.298 e. The number of carbonyl (C=O) groups excluding carboxylic acids is 1. The highest BCUT2D eigenvalue weighted by Gasteiger charge is 2.23. The monoisotopic (exact) mass is 302 g/mol. The molecule has 0 fully saturated rings. The number of ether oxygens (including phenoxy) is 1. The summed E-state index contributed by atoms with van der Waals surface area (Å²) in [4.78, 5) is 11.9. The van der Waals surface area contributed by atoms with Gasteiger partial charge in [-0.1, -0.05) is 32.0 Å². The lowest BCUT2D eigenvalue weighted by atomic mass is 10.00. The summed E-state index contributed by atoms with van der Waals surface area (Å²) in [6.45, 7) is 6.01. The molecule has 1 aromatic carbocycles. The molecule has 1 heterocycles. The number of quaternary nitrogens is 1. The Balaban J connectivity index is 2.01. The highest BCUT2D eigenvalue weighted by atomic mass is 16.5. The summed E-state index contributed by atoms with van der Waals surface area (Å²) >= 11 is 0. The lowest BCUT2D eigenvalue weighted by molar-refractivity contribution is -0.415. The Bertz CT molecular complexity index is 595. The summed E-state index contributed by atoms with van der Waals surface area (Å²) in [5, 5.41) is 4.04. The molecule has 1 aliphatic rings. The summed E-state index contributed by atoms with van der Waals surface area (Å²) < 4.78 is 5.82. The first-order valence-corrected chi connectivity index (χ1v) is 7.66. The molecule has 0 aliphatic carbocycles. The maximum atomic E-state index is 11.9. The van der Waals surface area contributed by atoms with Crippen LogP contribution >= 0.6 is 0 Å². The van der Waals surface area contributed by atoms with E-state index in [1.807, 2.05) is 51.1 Å². The minimum Gasteiger partial charge on any atom is -0.485 e. The first-order valence-electron chi connectivity index (χ1n) is 7.66. The van der Waals surface area contributed by atoms with Crippen LogP contribution in [0.1, 0.15) is 32.8 Å². The van der Waals surface area contributed by atoms with E-state index >= 15 is 0 Å². The van der Waals surface area contributed by atoms with Crippen LogP contribution in [0.25, 0.3) is 6.08 Å². The number of hydrogen-bond donors (Lipinski definition) is 2. The van der Waals surface area contributed by atoms with Crippen molar-refractivity contribution in [3.8, 4) is 5.75 Å². The molecule has 0 saturated carbocycles. The van der Waals surface area contributed by atoms with Gasteiger partial charge in [0, 0.05) is 17.1 Å². The molecule has 0 bridgehead atoms. The molecule has 1 aromatic rings. The van der Waals surface area contributed by atoms with Gasteiger partial charge in [0.15, 0.2) is 6.04 Å². The minimum atomic E-state index is -0.295. The van der Waals surface area contributed by atoms with Crippen LogP contribution in [0.2, 0.25) is 0 Å². The summed E-state index contributed by atoms with van der Waals surface area (Å²) in [5.74, 6) is 0.944. The molecule has 5 nitrogen and oxygen atoms in total. The van der Waals surface area contributed by atoms with Crippen LogP contribution in [0.3, 0.4) is 0 Å². The number of nitrogens with one attached hydrogen (secondary N) is 1. The number of rotatable bonds is 5. The van der Waals surface area contributed by atoms with E-state index < -0.39 is 0 Å². The number of benzene rings is 1. The Labute approximate surface area is 131 Å². The molecule has 0 spiro atoms. The van der Waals surface area contributed by atoms with Gasteiger partial charge < -0.3 is 10.5 Å². The molecule has 1 amide bonds. The number of nitrogens with zero attached hydrogens (tertiary/aromatic N) is 1. The Morgan fingerprint density at radius 2 is 2.23 bits per heavy atom. The Hall–Kier alpha value is -2.14. The molecule has 118 valence electrons. The normalized spacial score (nSPS) is 19.8. The van der Waals surface area contributed by atoms with Gasteiger partial charge in [-0.05, 0) is 25.5 Å². The zero-order chi connectivity index (χ0) is 16.1. The van der Waals surface area contributed by atoms with Crippen molar-refractivity contribution in [2.45, 2.75) is 39.3 Å². The molecule has 0 saturated heterocycles. The molecule has 0 aromatic heterocycles. The van der Waals surface area contributed by atoms with E-state index in [0.29, 0.717) is 0 Å². The van der Waals surface area contributed by atoms with Gasteiger partial charge >= 0.3 is 0 Å². The lowest BCUT2D eigenvalue weighted by Crippen LogP contribution is -2.69. The number of para-hydroxylation sites is 1. The van der Waals surface area contributed by atoms with Crippen LogP contribution in [-0.4, -0.2) is 24.3 Å². The van der Waals surface area contributed by atoms with Crippen molar-refractivity contribution in [1.29, 1.82) is 0 Å². The molecule has 22 heavy (non-hydrogen) atoms. The van der Waals surface area contributed by atoms with Gasteiger partial charge in [-0.25, -0.2) is 5.43 Å². The van der Waals surface area contributed by atoms with Crippen LogP contribution in [0, 0.1) is 5.92 Å². The van der Waals surface area contributed by atoms with Crippen molar-refractivity contribution in [1.82, 2.24) is 5.43 Å². The van der Waals surface area contributed by atoms with Crippen molar-refractivity contribution in [3.05, 3.63) is 35.4 Å². The van der Waals surface area contributed by atoms with E-state index in [1.54, 1.807) is 6.21 Å². The van der Waals surface area contributed by atoms with Crippen LogP contribution in [-0.2, 0) is 4.79 Å². The molecule has 0 radical (unpaired) electrons. The molecule has 4 N–H and O–H groups in total. The highest BCUT2D eigenvalue weighted by Crippen LogP contribution is 2.28.